The van der Waals surface area contributed by atoms with E-state index in [-0.39, 0.29) is 17.8 Å². The molecule has 5 nitrogen and oxygen atoms in total. The van der Waals surface area contributed by atoms with Gasteiger partial charge in [0.2, 0.25) is 5.91 Å². The standard InChI is InChI=1S/C24H28FN3O2S/c1-17-10-12-28(13-11-17)20(22-3-2-14-31-22)15-26-23(29)8-9-24-27-16-21(30-24)18-4-6-19(25)7-5-18/h2-7,14,16-17,20H,8-13,15H2,1H3,(H,26,29). The number of aryl methyl sites for hydroxylation is 1. The minimum Gasteiger partial charge on any atom is -0.441 e. The van der Waals surface area contributed by atoms with E-state index >= 15 is 0 Å². The van der Waals surface area contributed by atoms with Gasteiger partial charge in [0.25, 0.3) is 0 Å². The van der Waals surface area contributed by atoms with Crippen molar-refractivity contribution in [3.05, 3.63) is 64.6 Å². The zero-order valence-electron chi connectivity index (χ0n) is 17.7. The highest BCUT2D eigenvalue weighted by Gasteiger charge is 2.25. The van der Waals surface area contributed by atoms with Gasteiger partial charge in [-0.3, -0.25) is 9.69 Å². The van der Waals surface area contributed by atoms with Crippen LogP contribution in [0.5, 0.6) is 0 Å². The summed E-state index contributed by atoms with van der Waals surface area (Å²) < 4.78 is 18.8. The summed E-state index contributed by atoms with van der Waals surface area (Å²) in [7, 11) is 0. The first-order valence-electron chi connectivity index (χ1n) is 10.8. The molecule has 3 heterocycles. The van der Waals surface area contributed by atoms with Crippen molar-refractivity contribution < 1.29 is 13.6 Å². The van der Waals surface area contributed by atoms with Gasteiger partial charge in [0.15, 0.2) is 11.7 Å². The first kappa shape index (κ1) is 21.7. The largest absolute Gasteiger partial charge is 0.441 e. The predicted molar refractivity (Wildman–Crippen MR) is 120 cm³/mol. The number of oxazole rings is 1. The molecule has 1 unspecified atom stereocenters. The number of thiophene rings is 1. The molecule has 1 fully saturated rings. The second kappa shape index (κ2) is 10.2. The summed E-state index contributed by atoms with van der Waals surface area (Å²) in [6.45, 7) is 5.06. The van der Waals surface area contributed by atoms with Gasteiger partial charge in [-0.25, -0.2) is 9.37 Å². The molecule has 1 aliphatic heterocycles. The van der Waals surface area contributed by atoms with Gasteiger partial charge in [-0.1, -0.05) is 13.0 Å². The molecule has 0 radical (unpaired) electrons. The van der Waals surface area contributed by atoms with Crippen molar-refractivity contribution >= 4 is 17.2 Å². The van der Waals surface area contributed by atoms with Crippen molar-refractivity contribution in [3.8, 4) is 11.3 Å². The lowest BCUT2D eigenvalue weighted by molar-refractivity contribution is -0.121. The average molecular weight is 442 g/mol. The number of rotatable bonds is 8. The average Bonchev–Trinajstić information content (AvgIpc) is 3.47. The molecule has 0 spiro atoms. The molecule has 1 N–H and O–H groups in total. The van der Waals surface area contributed by atoms with E-state index in [2.05, 4.69) is 39.6 Å². The van der Waals surface area contributed by atoms with Gasteiger partial charge in [0.1, 0.15) is 5.82 Å². The topological polar surface area (TPSA) is 58.4 Å². The first-order valence-corrected chi connectivity index (χ1v) is 11.7. The van der Waals surface area contributed by atoms with E-state index < -0.39 is 0 Å². The molecule has 2 aromatic heterocycles. The van der Waals surface area contributed by atoms with Crippen LogP contribution < -0.4 is 5.32 Å². The highest BCUT2D eigenvalue weighted by molar-refractivity contribution is 7.10. The molecule has 31 heavy (non-hydrogen) atoms. The summed E-state index contributed by atoms with van der Waals surface area (Å²) in [6, 6.07) is 10.5. The van der Waals surface area contributed by atoms with E-state index in [9.17, 15) is 9.18 Å². The molecule has 0 saturated carbocycles. The van der Waals surface area contributed by atoms with Gasteiger partial charge >= 0.3 is 0 Å². The Balaban J connectivity index is 1.29. The number of nitrogens with one attached hydrogen (secondary N) is 1. The van der Waals surface area contributed by atoms with Crippen molar-refractivity contribution in [2.75, 3.05) is 19.6 Å². The number of nitrogens with zero attached hydrogens (tertiary/aromatic N) is 2. The second-order valence-corrected chi connectivity index (χ2v) is 9.16. The van der Waals surface area contributed by atoms with Crippen LogP contribution in [-0.2, 0) is 11.2 Å². The highest BCUT2D eigenvalue weighted by Crippen LogP contribution is 2.29. The summed E-state index contributed by atoms with van der Waals surface area (Å²) in [5.41, 5.74) is 0.763. The van der Waals surface area contributed by atoms with E-state index in [0.717, 1.165) is 24.6 Å². The fraction of sp³-hybridized carbons (Fsp3) is 0.417. The van der Waals surface area contributed by atoms with Crippen molar-refractivity contribution in [2.45, 2.75) is 38.6 Å². The van der Waals surface area contributed by atoms with Crippen LogP contribution in [0.4, 0.5) is 4.39 Å². The van der Waals surface area contributed by atoms with Gasteiger partial charge in [-0.2, -0.15) is 0 Å². The Morgan fingerprint density at radius 2 is 2.06 bits per heavy atom. The maximum absolute atomic E-state index is 13.1. The number of amides is 1. The third-order valence-corrected chi connectivity index (χ3v) is 6.84. The molecular weight excluding hydrogens is 413 g/mol. The molecule has 4 rings (SSSR count). The van der Waals surface area contributed by atoms with E-state index in [1.54, 1.807) is 29.7 Å². The van der Waals surface area contributed by atoms with Crippen LogP contribution in [-0.4, -0.2) is 35.4 Å². The maximum Gasteiger partial charge on any atom is 0.220 e. The van der Waals surface area contributed by atoms with Crippen LogP contribution in [0.1, 0.15) is 43.0 Å². The predicted octanol–water partition coefficient (Wildman–Crippen LogP) is 5.06. The fourth-order valence-electron chi connectivity index (χ4n) is 3.92. The van der Waals surface area contributed by atoms with E-state index in [1.807, 2.05) is 0 Å². The molecule has 1 aliphatic rings. The number of hydrogen-bond donors (Lipinski definition) is 1. The van der Waals surface area contributed by atoms with Crippen LogP contribution >= 0.6 is 11.3 Å². The van der Waals surface area contributed by atoms with Gasteiger partial charge < -0.3 is 9.73 Å². The molecule has 0 aliphatic carbocycles. The number of piperidine rings is 1. The first-order chi connectivity index (χ1) is 15.1. The summed E-state index contributed by atoms with van der Waals surface area (Å²) >= 11 is 1.75. The van der Waals surface area contributed by atoms with Crippen LogP contribution in [0.15, 0.2) is 52.4 Å². The monoisotopic (exact) mass is 441 g/mol. The number of benzene rings is 1. The van der Waals surface area contributed by atoms with Crippen molar-refractivity contribution in [1.29, 1.82) is 0 Å². The normalized spacial score (nSPS) is 16.3. The number of halogens is 1. The second-order valence-electron chi connectivity index (χ2n) is 8.18. The Kier molecular flexibility index (Phi) is 7.14. The Morgan fingerprint density at radius 1 is 1.29 bits per heavy atom. The molecule has 1 atom stereocenters. The Bertz CT molecular complexity index is 963. The van der Waals surface area contributed by atoms with Gasteiger partial charge in [-0.05, 0) is 67.6 Å². The van der Waals surface area contributed by atoms with Crippen LogP contribution in [0, 0.1) is 11.7 Å². The van der Waals surface area contributed by atoms with Crippen molar-refractivity contribution in [3.63, 3.8) is 0 Å². The summed E-state index contributed by atoms with van der Waals surface area (Å²) in [5.74, 6) is 1.56. The lowest BCUT2D eigenvalue weighted by atomic mass is 9.97. The minimum atomic E-state index is -0.292. The molecule has 0 bridgehead atoms. The number of hydrogen-bond acceptors (Lipinski definition) is 5. The lowest BCUT2D eigenvalue weighted by Gasteiger charge is -2.36. The van der Waals surface area contributed by atoms with E-state index in [4.69, 9.17) is 4.42 Å². The smallest absolute Gasteiger partial charge is 0.220 e. The molecule has 1 saturated heterocycles. The molecule has 7 heteroatoms. The minimum absolute atomic E-state index is 0.00605. The fourth-order valence-corrected chi connectivity index (χ4v) is 4.78. The number of carbonyl (C=O) groups excluding carboxylic acids is 1. The zero-order chi connectivity index (χ0) is 21.6. The SMILES string of the molecule is CC1CCN(C(CNC(=O)CCc2ncc(-c3ccc(F)cc3)o2)c2cccs2)CC1. The number of likely N-dealkylation sites (tertiary alicyclic amines) is 1. The zero-order valence-corrected chi connectivity index (χ0v) is 18.5. The molecule has 1 aromatic carbocycles. The third kappa shape index (κ3) is 5.80. The van der Waals surface area contributed by atoms with E-state index in [1.165, 1.54) is 29.9 Å². The molecule has 3 aromatic rings. The molecule has 164 valence electrons. The van der Waals surface area contributed by atoms with Crippen LogP contribution in [0.2, 0.25) is 0 Å². The lowest BCUT2D eigenvalue weighted by Crippen LogP contribution is -2.41. The molecule has 1 amide bonds. The van der Waals surface area contributed by atoms with Crippen molar-refractivity contribution in [2.24, 2.45) is 5.92 Å². The van der Waals surface area contributed by atoms with Crippen LogP contribution in [0.25, 0.3) is 11.3 Å². The maximum atomic E-state index is 13.1. The van der Waals surface area contributed by atoms with Crippen LogP contribution in [0.3, 0.4) is 0 Å². The number of carbonyl (C=O) groups is 1. The van der Waals surface area contributed by atoms with Gasteiger partial charge in [0.05, 0.1) is 12.2 Å². The quantitative estimate of drug-likeness (QED) is 0.531. The Hall–Kier alpha value is -2.51. The summed E-state index contributed by atoms with van der Waals surface area (Å²) in [4.78, 5) is 20.6. The highest BCUT2D eigenvalue weighted by atomic mass is 32.1. The number of aromatic nitrogens is 1. The summed E-state index contributed by atoms with van der Waals surface area (Å²) in [6.07, 6.45) is 4.77. The molecular formula is C24H28FN3O2S. The Morgan fingerprint density at radius 3 is 2.77 bits per heavy atom. The van der Waals surface area contributed by atoms with E-state index in [0.29, 0.717) is 31.0 Å². The Labute approximate surface area is 186 Å². The van der Waals surface area contributed by atoms with Gasteiger partial charge in [-0.15, -0.1) is 11.3 Å². The third-order valence-electron chi connectivity index (χ3n) is 5.87. The summed E-state index contributed by atoms with van der Waals surface area (Å²) in [5, 5.41) is 5.20. The van der Waals surface area contributed by atoms with Gasteiger partial charge in [0, 0.05) is 29.8 Å². The van der Waals surface area contributed by atoms with Crippen molar-refractivity contribution in [1.82, 2.24) is 15.2 Å².